The summed E-state index contributed by atoms with van der Waals surface area (Å²) in [6, 6.07) is 19.6. The summed E-state index contributed by atoms with van der Waals surface area (Å²) in [5.41, 5.74) is 1.46. The molecule has 1 aliphatic heterocycles. The maximum atomic E-state index is 10.5. The van der Waals surface area contributed by atoms with Crippen LogP contribution in [0.25, 0.3) is 37.7 Å². The first-order chi connectivity index (χ1) is 12.3. The molecule has 0 saturated heterocycles. The summed E-state index contributed by atoms with van der Waals surface area (Å²) >= 11 is 0. The molecule has 1 heterocycles. The predicted molar refractivity (Wildman–Crippen MR) is 113 cm³/mol. The van der Waals surface area contributed by atoms with Crippen molar-refractivity contribution in [2.75, 3.05) is 0 Å². The molecule has 2 nitrogen and oxygen atoms in total. The zero-order chi connectivity index (χ0) is 18.3. The van der Waals surface area contributed by atoms with Gasteiger partial charge in [0.05, 0.1) is 0 Å². The van der Waals surface area contributed by atoms with Crippen LogP contribution in [0.5, 0.6) is 0 Å². The summed E-state index contributed by atoms with van der Waals surface area (Å²) in [5, 5.41) is 18.1. The predicted octanol–water partition coefficient (Wildman–Crippen LogP) is 3.41. The summed E-state index contributed by atoms with van der Waals surface area (Å²) < 4.78 is 0. The number of nitrogens with zero attached hydrogens (tertiary/aromatic N) is 2. The van der Waals surface area contributed by atoms with Gasteiger partial charge >= 0.3 is 18.9 Å². The van der Waals surface area contributed by atoms with Crippen LogP contribution in [0.4, 0.5) is 0 Å². The van der Waals surface area contributed by atoms with E-state index in [0.717, 1.165) is 11.3 Å². The number of rotatable bonds is 1. The van der Waals surface area contributed by atoms with Gasteiger partial charge < -0.3 is 10.4 Å². The first-order valence-electron chi connectivity index (χ1n) is 9.15. The molecule has 27 heavy (non-hydrogen) atoms. The van der Waals surface area contributed by atoms with E-state index in [-0.39, 0.29) is 35.5 Å². The summed E-state index contributed by atoms with van der Waals surface area (Å²) in [5.74, 6) is 0.225. The van der Waals surface area contributed by atoms with Crippen LogP contribution in [-0.2, 0) is 0 Å². The van der Waals surface area contributed by atoms with Crippen LogP contribution in [0, 0.1) is 10.8 Å². The number of amidine groups is 1. The number of aliphatic imine (C=N–C) groups is 1. The van der Waals surface area contributed by atoms with E-state index in [4.69, 9.17) is 0 Å². The smallest absolute Gasteiger partial charge is 0.468 e. The van der Waals surface area contributed by atoms with E-state index in [9.17, 15) is 5.41 Å². The summed E-state index contributed by atoms with van der Waals surface area (Å²) in [7, 11) is 0. The van der Waals surface area contributed by atoms with Crippen molar-refractivity contribution < 1.29 is 18.9 Å². The zero-order valence-electron chi connectivity index (χ0n) is 16.6. The number of hydrogen-bond donors (Lipinski definition) is 0. The number of hydrogen-bond acceptors (Lipinski definition) is 0. The molecular formula is C24H21LiN2. The minimum Gasteiger partial charge on any atom is -0.468 e. The molecule has 0 aromatic heterocycles. The average molecular weight is 344 g/mol. The van der Waals surface area contributed by atoms with Crippen molar-refractivity contribution in [1.82, 2.24) is 0 Å². The Hall–Kier alpha value is -2.14. The molecule has 0 spiro atoms. The van der Waals surface area contributed by atoms with Crippen LogP contribution < -0.4 is 18.9 Å². The Kier molecular flexibility index (Phi) is 3.83. The molecule has 0 fully saturated rings. The average Bonchev–Trinajstić information content (AvgIpc) is 2.79. The van der Waals surface area contributed by atoms with Gasteiger partial charge in [-0.05, 0) is 48.7 Å². The van der Waals surface area contributed by atoms with Crippen molar-refractivity contribution in [3.63, 3.8) is 0 Å². The monoisotopic (exact) mass is 344 g/mol. The first-order valence-corrected chi connectivity index (χ1v) is 9.15. The van der Waals surface area contributed by atoms with Crippen LogP contribution >= 0.6 is 0 Å². The molecule has 0 unspecified atom stereocenters. The van der Waals surface area contributed by atoms with Crippen LogP contribution in [0.1, 0.15) is 33.3 Å². The second kappa shape index (κ2) is 5.68. The van der Waals surface area contributed by atoms with Crippen molar-refractivity contribution >= 4 is 43.9 Å². The van der Waals surface area contributed by atoms with Gasteiger partial charge in [0, 0.05) is 0 Å². The fraction of sp³-hybridized carbons (Fsp3) is 0.250. The molecule has 0 amide bonds. The molecule has 0 aliphatic carbocycles. The van der Waals surface area contributed by atoms with Crippen molar-refractivity contribution in [3.05, 3.63) is 65.6 Å². The fourth-order valence-electron chi connectivity index (χ4n) is 4.30. The number of benzene rings is 4. The molecule has 4 aromatic rings. The van der Waals surface area contributed by atoms with E-state index in [1.165, 1.54) is 32.3 Å². The maximum absolute atomic E-state index is 10.5. The molecular weight excluding hydrogens is 323 g/mol. The second-order valence-electron chi connectivity index (χ2n) is 8.50. The van der Waals surface area contributed by atoms with Gasteiger partial charge in [-0.15, -0.1) is 0 Å². The zero-order valence-corrected chi connectivity index (χ0v) is 16.6. The molecule has 0 radical (unpaired) electrons. The molecule has 1 aliphatic rings. The first kappa shape index (κ1) is 18.2. The Balaban J connectivity index is 0.00000180. The Labute approximate surface area is 171 Å². The van der Waals surface area contributed by atoms with Gasteiger partial charge in [0.25, 0.3) is 0 Å². The topological polar surface area (TPSA) is 34.7 Å². The third kappa shape index (κ3) is 2.21. The van der Waals surface area contributed by atoms with Gasteiger partial charge in [0.2, 0.25) is 0 Å². The molecule has 5 rings (SSSR count). The van der Waals surface area contributed by atoms with E-state index in [2.05, 4.69) is 87.3 Å². The summed E-state index contributed by atoms with van der Waals surface area (Å²) in [6.07, 6.45) is 0. The Morgan fingerprint density at radius 2 is 1.26 bits per heavy atom. The summed E-state index contributed by atoms with van der Waals surface area (Å²) in [4.78, 5) is 4.64. The van der Waals surface area contributed by atoms with E-state index in [1.54, 1.807) is 0 Å². The molecule has 4 aromatic carbocycles. The van der Waals surface area contributed by atoms with Crippen LogP contribution in [0.2, 0.25) is 0 Å². The quantitative estimate of drug-likeness (QED) is 0.375. The molecule has 0 N–H and O–H groups in total. The minimum atomic E-state index is -0.383. The third-order valence-corrected chi connectivity index (χ3v) is 6.72. The third-order valence-electron chi connectivity index (χ3n) is 6.72. The van der Waals surface area contributed by atoms with Crippen molar-refractivity contribution in [2.45, 2.75) is 27.7 Å². The van der Waals surface area contributed by atoms with Crippen LogP contribution in [-0.4, -0.2) is 11.5 Å². The van der Waals surface area contributed by atoms with E-state index < -0.39 is 0 Å². The Morgan fingerprint density at radius 1 is 0.704 bits per heavy atom. The van der Waals surface area contributed by atoms with Gasteiger partial charge in [0.15, 0.2) is 0 Å². The minimum absolute atomic E-state index is 0. The maximum Gasteiger partial charge on any atom is 1.00 e. The largest absolute Gasteiger partial charge is 1.00 e. The van der Waals surface area contributed by atoms with Crippen LogP contribution in [0.15, 0.2) is 59.6 Å². The summed E-state index contributed by atoms with van der Waals surface area (Å²) in [6.45, 7) is 8.48. The molecule has 3 heteroatoms. The van der Waals surface area contributed by atoms with E-state index in [0.29, 0.717) is 0 Å². The standard InChI is InChI=1S/C24H21N2.Li/c1-23(2)21(26-22(25)24(23,3)4)18-13-11-16-9-8-14-6-5-7-15-10-12-17(18)20(16)19(14)15;/h5-13H,1-4H3;/q-1;+1. The van der Waals surface area contributed by atoms with Crippen LogP contribution in [0.3, 0.4) is 0 Å². The van der Waals surface area contributed by atoms with Gasteiger partial charge in [-0.3, -0.25) is 0 Å². The molecule has 0 bridgehead atoms. The normalized spacial score (nSPS) is 18.2. The van der Waals surface area contributed by atoms with Gasteiger partial charge in [0.1, 0.15) is 0 Å². The van der Waals surface area contributed by atoms with Gasteiger partial charge in [-0.1, -0.05) is 93.8 Å². The van der Waals surface area contributed by atoms with E-state index >= 15 is 0 Å². The molecule has 0 saturated carbocycles. The van der Waals surface area contributed by atoms with Gasteiger partial charge in [-0.25, -0.2) is 0 Å². The van der Waals surface area contributed by atoms with E-state index in [1.807, 2.05) is 0 Å². The van der Waals surface area contributed by atoms with Crippen molar-refractivity contribution in [1.29, 1.82) is 0 Å². The fourth-order valence-corrected chi connectivity index (χ4v) is 4.30. The van der Waals surface area contributed by atoms with Crippen molar-refractivity contribution in [3.8, 4) is 0 Å². The molecule has 0 atom stereocenters. The molecule has 128 valence electrons. The Morgan fingerprint density at radius 3 is 1.85 bits per heavy atom. The Bertz CT molecular complexity index is 1230. The second-order valence-corrected chi connectivity index (χ2v) is 8.50. The van der Waals surface area contributed by atoms with Gasteiger partial charge in [-0.2, -0.15) is 0 Å². The van der Waals surface area contributed by atoms with Crippen molar-refractivity contribution in [2.24, 2.45) is 15.8 Å². The SMILES string of the molecule is CC1(C)C(=[N-])N=C(c2ccc3ccc4cccc5ccc2c3c45)C1(C)C.[Li+].